The molecular weight excluding hydrogens is 576 g/mol. The summed E-state index contributed by atoms with van der Waals surface area (Å²) in [6, 6.07) is 11.8. The van der Waals surface area contributed by atoms with Crippen LogP contribution < -0.4 is 26.0 Å². The third-order valence-electron chi connectivity index (χ3n) is 6.48. The van der Waals surface area contributed by atoms with Crippen LogP contribution in [0.1, 0.15) is 6.92 Å². The van der Waals surface area contributed by atoms with E-state index in [1.807, 2.05) is 0 Å². The van der Waals surface area contributed by atoms with Crippen molar-refractivity contribution in [3.05, 3.63) is 124 Å². The van der Waals surface area contributed by atoms with Crippen molar-refractivity contribution >= 4 is 17.3 Å². The van der Waals surface area contributed by atoms with Crippen molar-refractivity contribution in [2.75, 3.05) is 5.32 Å². The number of amides is 1. The predicted octanol–water partition coefficient (Wildman–Crippen LogP) is 4.81. The molecule has 0 atom stereocenters. The minimum Gasteiger partial charge on any atom is -0.452 e. The number of ether oxygens (including phenoxy) is 2. The zero-order valence-corrected chi connectivity index (χ0v) is 22.8. The van der Waals surface area contributed by atoms with Gasteiger partial charge in [-0.25, -0.2) is 27.5 Å². The van der Waals surface area contributed by atoms with E-state index in [1.165, 1.54) is 24.3 Å². The molecule has 0 spiro atoms. The molecule has 14 heteroatoms. The summed E-state index contributed by atoms with van der Waals surface area (Å²) < 4.78 is 43.1. The third kappa shape index (κ3) is 5.51. The van der Waals surface area contributed by atoms with Crippen molar-refractivity contribution in [3.63, 3.8) is 0 Å². The maximum Gasteiger partial charge on any atom is 0.417 e. The maximum atomic E-state index is 15.2. The van der Waals surface area contributed by atoms with Gasteiger partial charge in [0.15, 0.2) is 17.3 Å². The standard InChI is InChI=1S/C30H21F2N7O5/c1-2-37-17-27(28(40)39(30(37)42)21-6-3-19(31)4-7-21)44-29(41)36-20-5-8-25(22(32)14-20)43-26-13-18(23-15-33-11-12-34-23)16-38-24(26)9-10-35-38/h3-17H,2H2,1H3,(H,36,41). The number of halogens is 2. The molecule has 0 radical (unpaired) electrons. The summed E-state index contributed by atoms with van der Waals surface area (Å²) in [7, 11) is 0. The fraction of sp³-hybridized carbons (Fsp3) is 0.0667. The molecule has 0 fully saturated rings. The summed E-state index contributed by atoms with van der Waals surface area (Å²) >= 11 is 0. The second-order valence-electron chi connectivity index (χ2n) is 9.29. The highest BCUT2D eigenvalue weighted by molar-refractivity contribution is 5.86. The van der Waals surface area contributed by atoms with Gasteiger partial charge in [-0.1, -0.05) is 0 Å². The summed E-state index contributed by atoms with van der Waals surface area (Å²) in [6.45, 7) is 1.80. The molecule has 44 heavy (non-hydrogen) atoms. The van der Waals surface area contributed by atoms with Crippen molar-refractivity contribution in [2.24, 2.45) is 0 Å². The van der Waals surface area contributed by atoms with Crippen LogP contribution in [0.5, 0.6) is 17.2 Å². The zero-order valence-electron chi connectivity index (χ0n) is 22.8. The average molecular weight is 598 g/mol. The van der Waals surface area contributed by atoms with Gasteiger partial charge in [-0.15, -0.1) is 0 Å². The van der Waals surface area contributed by atoms with Gasteiger partial charge in [0.25, 0.3) is 0 Å². The Morgan fingerprint density at radius 2 is 1.75 bits per heavy atom. The molecule has 0 bridgehead atoms. The number of pyridine rings is 1. The molecule has 1 amide bonds. The summed E-state index contributed by atoms with van der Waals surface area (Å²) in [5.41, 5.74) is 0.220. The number of nitrogens with zero attached hydrogens (tertiary/aromatic N) is 6. The van der Waals surface area contributed by atoms with Gasteiger partial charge in [0.2, 0.25) is 5.75 Å². The molecule has 6 rings (SSSR count). The quantitative estimate of drug-likeness (QED) is 0.277. The number of carbonyl (C=O) groups is 1. The van der Waals surface area contributed by atoms with Crippen LogP contribution in [0.15, 0.2) is 101 Å². The van der Waals surface area contributed by atoms with Crippen molar-refractivity contribution in [1.82, 2.24) is 28.7 Å². The largest absolute Gasteiger partial charge is 0.452 e. The molecule has 4 aromatic heterocycles. The van der Waals surface area contributed by atoms with E-state index in [9.17, 15) is 18.8 Å². The SMILES string of the molecule is CCn1cc(OC(=O)Nc2ccc(Oc3cc(-c4cnccn4)cn4nccc34)c(F)c2)c(=O)n(-c2ccc(F)cc2)c1=O. The number of nitrogens with one attached hydrogen (secondary N) is 1. The molecule has 0 aliphatic carbocycles. The van der Waals surface area contributed by atoms with Gasteiger partial charge in [-0.05, 0) is 55.5 Å². The van der Waals surface area contributed by atoms with E-state index in [0.29, 0.717) is 22.5 Å². The molecule has 6 aromatic rings. The monoisotopic (exact) mass is 597 g/mol. The van der Waals surface area contributed by atoms with E-state index in [1.54, 1.807) is 54.6 Å². The van der Waals surface area contributed by atoms with Crippen molar-refractivity contribution in [3.8, 4) is 34.2 Å². The molecule has 4 heterocycles. The normalized spacial score (nSPS) is 11.0. The highest BCUT2D eigenvalue weighted by Gasteiger charge is 2.18. The molecule has 0 aliphatic rings. The first-order chi connectivity index (χ1) is 21.3. The number of anilines is 1. The van der Waals surface area contributed by atoms with Gasteiger partial charge in [0.1, 0.15) is 11.3 Å². The molecule has 0 saturated carbocycles. The smallest absolute Gasteiger partial charge is 0.417 e. The summed E-state index contributed by atoms with van der Waals surface area (Å²) in [4.78, 5) is 46.9. The first-order valence-corrected chi connectivity index (χ1v) is 13.1. The van der Waals surface area contributed by atoms with Crippen molar-refractivity contribution in [1.29, 1.82) is 0 Å². The van der Waals surface area contributed by atoms with E-state index >= 15 is 4.39 Å². The topological polar surface area (TPSA) is 135 Å². The number of fused-ring (bicyclic) bond motifs is 1. The van der Waals surface area contributed by atoms with E-state index in [-0.39, 0.29) is 23.7 Å². The second kappa shape index (κ2) is 11.6. The van der Waals surface area contributed by atoms with Gasteiger partial charge < -0.3 is 9.47 Å². The van der Waals surface area contributed by atoms with Crippen LogP contribution in [0.3, 0.4) is 0 Å². The summed E-state index contributed by atoms with van der Waals surface area (Å²) in [5.74, 6) is -1.67. The highest BCUT2D eigenvalue weighted by atomic mass is 19.1. The van der Waals surface area contributed by atoms with Gasteiger partial charge in [0, 0.05) is 42.5 Å². The summed E-state index contributed by atoms with van der Waals surface area (Å²) in [6.07, 6.45) is 7.95. The lowest BCUT2D eigenvalue weighted by Gasteiger charge is -2.13. The lowest BCUT2D eigenvalue weighted by atomic mass is 10.2. The van der Waals surface area contributed by atoms with Crippen LogP contribution in [0.4, 0.5) is 19.3 Å². The Kier molecular flexibility index (Phi) is 7.37. The Morgan fingerprint density at radius 1 is 0.932 bits per heavy atom. The fourth-order valence-corrected chi connectivity index (χ4v) is 4.38. The van der Waals surface area contributed by atoms with E-state index in [2.05, 4.69) is 20.4 Å². The lowest BCUT2D eigenvalue weighted by Crippen LogP contribution is -2.39. The predicted molar refractivity (Wildman–Crippen MR) is 154 cm³/mol. The molecule has 0 unspecified atom stereocenters. The Bertz CT molecular complexity index is 2130. The molecule has 12 nitrogen and oxygen atoms in total. The van der Waals surface area contributed by atoms with Gasteiger partial charge >= 0.3 is 17.3 Å². The number of carbonyl (C=O) groups excluding carboxylic acids is 1. The van der Waals surface area contributed by atoms with Crippen molar-refractivity contribution in [2.45, 2.75) is 13.5 Å². The minimum atomic E-state index is -1.11. The Hall–Kier alpha value is -6.18. The fourth-order valence-electron chi connectivity index (χ4n) is 4.38. The molecule has 1 N–H and O–H groups in total. The Labute approximate surface area is 246 Å². The molecular formula is C30H21F2N7O5. The Morgan fingerprint density at radius 3 is 2.48 bits per heavy atom. The van der Waals surface area contributed by atoms with E-state index in [0.717, 1.165) is 33.5 Å². The van der Waals surface area contributed by atoms with E-state index in [4.69, 9.17) is 9.47 Å². The number of aromatic nitrogens is 6. The van der Waals surface area contributed by atoms with Crippen LogP contribution in [0, 0.1) is 11.6 Å². The maximum absolute atomic E-state index is 15.2. The number of rotatable bonds is 7. The Balaban J connectivity index is 1.23. The first-order valence-electron chi connectivity index (χ1n) is 13.1. The number of hydrogen-bond acceptors (Lipinski definition) is 8. The number of aryl methyl sites for hydroxylation is 1. The highest BCUT2D eigenvalue weighted by Crippen LogP contribution is 2.32. The third-order valence-corrected chi connectivity index (χ3v) is 6.48. The van der Waals surface area contributed by atoms with Crippen LogP contribution in [-0.4, -0.2) is 34.8 Å². The second-order valence-corrected chi connectivity index (χ2v) is 9.29. The van der Waals surface area contributed by atoms with E-state index < -0.39 is 34.7 Å². The minimum absolute atomic E-state index is 0.00494. The first kappa shape index (κ1) is 28.0. The van der Waals surface area contributed by atoms with Crippen LogP contribution in [0.2, 0.25) is 0 Å². The molecule has 2 aromatic carbocycles. The number of hydrogen-bond donors (Lipinski definition) is 1. The van der Waals surface area contributed by atoms with Gasteiger partial charge in [-0.3, -0.25) is 24.6 Å². The molecule has 0 aliphatic heterocycles. The molecule has 220 valence electrons. The van der Waals surface area contributed by atoms with Crippen molar-refractivity contribution < 1.29 is 23.0 Å². The molecule has 0 saturated heterocycles. The number of benzene rings is 2. The average Bonchev–Trinajstić information content (AvgIpc) is 3.50. The lowest BCUT2D eigenvalue weighted by molar-refractivity contribution is 0.213. The van der Waals surface area contributed by atoms with Gasteiger partial charge in [0.05, 0.1) is 30.0 Å². The van der Waals surface area contributed by atoms with Crippen LogP contribution in [0.25, 0.3) is 22.5 Å². The van der Waals surface area contributed by atoms with Crippen LogP contribution >= 0.6 is 0 Å². The summed E-state index contributed by atoms with van der Waals surface area (Å²) in [5, 5.41) is 6.59. The zero-order chi connectivity index (χ0) is 30.8. The van der Waals surface area contributed by atoms with Crippen LogP contribution in [-0.2, 0) is 6.54 Å². The van der Waals surface area contributed by atoms with Gasteiger partial charge in [-0.2, -0.15) is 5.10 Å².